The Kier molecular flexibility index (Phi) is 5.63. The normalized spacial score (nSPS) is 21.2. The number of hydrogen-bond donors (Lipinski definition) is 1. The number of rotatable bonds is 4. The highest BCUT2D eigenvalue weighted by atomic mass is 15.3. The summed E-state index contributed by atoms with van der Waals surface area (Å²) in [6, 6.07) is 7.29. The number of likely N-dealkylation sites (tertiary alicyclic amines) is 1. The Bertz CT molecular complexity index is 641. The largest absolute Gasteiger partial charge is 0.378 e. The molecule has 5 nitrogen and oxygen atoms in total. The number of guanidine groups is 1. The lowest BCUT2D eigenvalue weighted by Crippen LogP contribution is -2.42. The van der Waals surface area contributed by atoms with Crippen molar-refractivity contribution in [2.75, 3.05) is 52.2 Å². The van der Waals surface area contributed by atoms with E-state index in [0.29, 0.717) is 6.04 Å². The minimum Gasteiger partial charge on any atom is -0.378 e. The number of nitrogens with one attached hydrogen (secondary N) is 1. The highest BCUT2D eigenvalue weighted by Crippen LogP contribution is 2.19. The first-order valence-electron chi connectivity index (χ1n) is 9.20. The van der Waals surface area contributed by atoms with Crippen molar-refractivity contribution in [1.29, 1.82) is 0 Å². The molecule has 1 N–H and O–H groups in total. The lowest BCUT2D eigenvalue weighted by molar-refractivity contribution is 0.259. The van der Waals surface area contributed by atoms with Gasteiger partial charge in [0.2, 0.25) is 0 Å². The summed E-state index contributed by atoms with van der Waals surface area (Å²) in [6.45, 7) is 7.35. The first-order valence-corrected chi connectivity index (χ1v) is 9.20. The molecule has 0 aliphatic carbocycles. The molecular formula is C20H31N5. The van der Waals surface area contributed by atoms with Crippen LogP contribution in [0.3, 0.4) is 0 Å². The summed E-state index contributed by atoms with van der Waals surface area (Å²) in [6.07, 6.45) is 5.77. The Balaban J connectivity index is 1.56. The third kappa shape index (κ3) is 4.15. The molecule has 0 saturated carbocycles. The van der Waals surface area contributed by atoms with E-state index in [1.165, 1.54) is 23.2 Å². The van der Waals surface area contributed by atoms with E-state index in [1.54, 1.807) is 0 Å². The van der Waals surface area contributed by atoms with Crippen LogP contribution in [0.4, 0.5) is 5.69 Å². The molecule has 136 valence electrons. The van der Waals surface area contributed by atoms with Gasteiger partial charge in [-0.25, -0.2) is 0 Å². The zero-order valence-corrected chi connectivity index (χ0v) is 16.0. The van der Waals surface area contributed by atoms with E-state index in [0.717, 1.165) is 38.7 Å². The van der Waals surface area contributed by atoms with Gasteiger partial charge in [-0.1, -0.05) is 18.2 Å². The van der Waals surface area contributed by atoms with Gasteiger partial charge in [0.05, 0.1) is 0 Å². The van der Waals surface area contributed by atoms with Crippen LogP contribution in [0.1, 0.15) is 17.5 Å². The monoisotopic (exact) mass is 341 g/mol. The number of aryl methyl sites for hydroxylation is 1. The molecule has 0 radical (unpaired) electrons. The molecule has 2 aliphatic heterocycles. The zero-order chi connectivity index (χ0) is 17.8. The van der Waals surface area contributed by atoms with Crippen LogP contribution in [0.25, 0.3) is 0 Å². The van der Waals surface area contributed by atoms with Gasteiger partial charge in [-0.05, 0) is 36.6 Å². The maximum absolute atomic E-state index is 4.51. The molecule has 1 aromatic carbocycles. The summed E-state index contributed by atoms with van der Waals surface area (Å²) in [5.41, 5.74) is 3.88. The first-order chi connectivity index (χ1) is 12.1. The topological polar surface area (TPSA) is 34.1 Å². The molecule has 25 heavy (non-hydrogen) atoms. The highest BCUT2D eigenvalue weighted by Gasteiger charge is 2.29. The van der Waals surface area contributed by atoms with Gasteiger partial charge in [-0.3, -0.25) is 9.89 Å². The zero-order valence-electron chi connectivity index (χ0n) is 16.0. The Hall–Kier alpha value is -2.01. The van der Waals surface area contributed by atoms with Crippen LogP contribution in [0, 0.1) is 6.92 Å². The van der Waals surface area contributed by atoms with E-state index in [1.807, 2.05) is 7.05 Å². The molecule has 1 saturated heterocycles. The minimum absolute atomic E-state index is 0.648. The Morgan fingerprint density at radius 1 is 1.28 bits per heavy atom. The third-order valence-electron chi connectivity index (χ3n) is 5.32. The van der Waals surface area contributed by atoms with Gasteiger partial charge >= 0.3 is 0 Å². The van der Waals surface area contributed by atoms with Gasteiger partial charge in [0, 0.05) is 65.6 Å². The summed E-state index contributed by atoms with van der Waals surface area (Å²) in [7, 11) is 6.04. The summed E-state index contributed by atoms with van der Waals surface area (Å²) in [5, 5.41) is 3.56. The molecule has 0 spiro atoms. The highest BCUT2D eigenvalue weighted by molar-refractivity contribution is 5.80. The fraction of sp³-hybridized carbons (Fsp3) is 0.550. The molecule has 1 aromatic rings. The molecule has 5 heteroatoms. The van der Waals surface area contributed by atoms with Crippen LogP contribution in [0.5, 0.6) is 0 Å². The van der Waals surface area contributed by atoms with Crippen LogP contribution in [-0.2, 0) is 6.54 Å². The van der Waals surface area contributed by atoms with E-state index >= 15 is 0 Å². The van der Waals surface area contributed by atoms with Crippen LogP contribution in [-0.4, -0.2) is 69.1 Å². The van der Waals surface area contributed by atoms with Crippen molar-refractivity contribution in [2.45, 2.75) is 25.9 Å². The van der Waals surface area contributed by atoms with E-state index < -0.39 is 0 Å². The number of nitrogens with zero attached hydrogens (tertiary/aromatic N) is 4. The number of hydrogen-bond acceptors (Lipinski definition) is 3. The summed E-state index contributed by atoms with van der Waals surface area (Å²) < 4.78 is 0. The predicted molar refractivity (Wildman–Crippen MR) is 106 cm³/mol. The van der Waals surface area contributed by atoms with Crippen molar-refractivity contribution in [3.63, 3.8) is 0 Å². The smallest absolute Gasteiger partial charge is 0.193 e. The van der Waals surface area contributed by atoms with Crippen LogP contribution in [0.15, 0.2) is 35.3 Å². The molecule has 0 aromatic heterocycles. The molecule has 1 atom stereocenters. The summed E-state index contributed by atoms with van der Waals surface area (Å²) in [5.74, 6) is 1.02. The van der Waals surface area contributed by atoms with Gasteiger partial charge in [0.1, 0.15) is 0 Å². The quantitative estimate of drug-likeness (QED) is 0.517. The van der Waals surface area contributed by atoms with Gasteiger partial charge in [0.25, 0.3) is 0 Å². The SMILES string of the molecule is CN=C(NCc1ccc(N(C)C)cc1C)N1CCC(N2CC=CC2)C1. The average Bonchev–Trinajstić information content (AvgIpc) is 3.27. The molecule has 1 unspecified atom stereocenters. The maximum atomic E-state index is 4.51. The van der Waals surface area contributed by atoms with Gasteiger partial charge < -0.3 is 15.1 Å². The van der Waals surface area contributed by atoms with Crippen LogP contribution in [0.2, 0.25) is 0 Å². The minimum atomic E-state index is 0.648. The first kappa shape index (κ1) is 17.8. The molecular weight excluding hydrogens is 310 g/mol. The lowest BCUT2D eigenvalue weighted by Gasteiger charge is -2.25. The third-order valence-corrected chi connectivity index (χ3v) is 5.32. The summed E-state index contributed by atoms with van der Waals surface area (Å²) in [4.78, 5) is 11.6. The van der Waals surface area contributed by atoms with Crippen molar-refractivity contribution in [3.05, 3.63) is 41.5 Å². The van der Waals surface area contributed by atoms with Crippen LogP contribution < -0.4 is 10.2 Å². The van der Waals surface area contributed by atoms with E-state index in [9.17, 15) is 0 Å². The Labute approximate surface area is 152 Å². The van der Waals surface area contributed by atoms with E-state index in [-0.39, 0.29) is 0 Å². The van der Waals surface area contributed by atoms with E-state index in [4.69, 9.17) is 0 Å². The van der Waals surface area contributed by atoms with Crippen molar-refractivity contribution >= 4 is 11.6 Å². The van der Waals surface area contributed by atoms with Crippen molar-refractivity contribution < 1.29 is 0 Å². The van der Waals surface area contributed by atoms with Crippen molar-refractivity contribution in [2.24, 2.45) is 4.99 Å². The standard InChI is InChI=1S/C20H31N5/c1-16-13-18(23(3)4)8-7-17(16)14-22-20(21-2)25-12-9-19(15-25)24-10-5-6-11-24/h5-8,13,19H,9-12,14-15H2,1-4H3,(H,21,22). The Morgan fingerprint density at radius 3 is 2.68 bits per heavy atom. The number of aliphatic imine (C=N–C) groups is 1. The lowest BCUT2D eigenvalue weighted by atomic mass is 10.1. The molecule has 0 bridgehead atoms. The second kappa shape index (κ2) is 7.91. The molecule has 0 amide bonds. The fourth-order valence-corrected chi connectivity index (χ4v) is 3.69. The second-order valence-electron chi connectivity index (χ2n) is 7.22. The summed E-state index contributed by atoms with van der Waals surface area (Å²) >= 11 is 0. The van der Waals surface area contributed by atoms with E-state index in [2.05, 4.69) is 76.4 Å². The van der Waals surface area contributed by atoms with Gasteiger partial charge in [-0.15, -0.1) is 0 Å². The Morgan fingerprint density at radius 2 is 2.04 bits per heavy atom. The fourth-order valence-electron chi connectivity index (χ4n) is 3.69. The predicted octanol–water partition coefficient (Wildman–Crippen LogP) is 2.08. The van der Waals surface area contributed by atoms with Crippen molar-refractivity contribution in [1.82, 2.24) is 15.1 Å². The number of anilines is 1. The van der Waals surface area contributed by atoms with Crippen molar-refractivity contribution in [3.8, 4) is 0 Å². The molecule has 2 aliphatic rings. The van der Waals surface area contributed by atoms with Gasteiger partial charge in [0.15, 0.2) is 5.96 Å². The second-order valence-corrected chi connectivity index (χ2v) is 7.22. The molecule has 2 heterocycles. The maximum Gasteiger partial charge on any atom is 0.193 e. The molecule has 1 fully saturated rings. The van der Waals surface area contributed by atoms with Crippen LogP contribution >= 0.6 is 0 Å². The number of benzene rings is 1. The molecule has 3 rings (SSSR count). The average molecular weight is 342 g/mol. The van der Waals surface area contributed by atoms with Gasteiger partial charge in [-0.2, -0.15) is 0 Å².